The number of rotatable bonds is 4. The fourth-order valence-corrected chi connectivity index (χ4v) is 3.77. The second-order valence-electron chi connectivity index (χ2n) is 6.64. The second-order valence-corrected chi connectivity index (χ2v) is 7.49. The van der Waals surface area contributed by atoms with Crippen molar-refractivity contribution in [2.75, 3.05) is 11.1 Å². The van der Waals surface area contributed by atoms with E-state index in [1.54, 1.807) is 6.20 Å². The number of nitrogens with two attached hydrogens (primary N) is 1. The molecular formula is C23H16BrN5O. The van der Waals surface area contributed by atoms with Gasteiger partial charge in [-0.3, -0.25) is 4.98 Å². The summed E-state index contributed by atoms with van der Waals surface area (Å²) in [5.41, 5.74) is 8.29. The molecule has 0 radical (unpaired) electrons. The monoisotopic (exact) mass is 457 g/mol. The standard InChI is InChI=1S/C23H16BrN5O/c24-17-10-11-19(21-16(17)8-4-12-26-21)30-23-20(25)22(27-13-28-23)29-18-9-3-6-14-5-1-2-7-15(14)18/h1-13H,25H2,(H,27,28,29). The summed E-state index contributed by atoms with van der Waals surface area (Å²) >= 11 is 3.54. The molecule has 30 heavy (non-hydrogen) atoms. The largest absolute Gasteiger partial charge is 0.435 e. The number of nitrogens with zero attached hydrogens (tertiary/aromatic N) is 3. The van der Waals surface area contributed by atoms with Crippen LogP contribution in [0, 0.1) is 0 Å². The minimum absolute atomic E-state index is 0.266. The Labute approximate surface area is 180 Å². The summed E-state index contributed by atoms with van der Waals surface area (Å²) < 4.78 is 6.98. The van der Waals surface area contributed by atoms with Crippen LogP contribution in [0.2, 0.25) is 0 Å². The number of ether oxygens (including phenoxy) is 1. The Kier molecular flexibility index (Phi) is 4.65. The van der Waals surface area contributed by atoms with E-state index in [4.69, 9.17) is 10.5 Å². The number of nitrogen functional groups attached to an aromatic ring is 1. The number of anilines is 3. The van der Waals surface area contributed by atoms with Crippen LogP contribution in [0.5, 0.6) is 11.6 Å². The third-order valence-corrected chi connectivity index (χ3v) is 5.47. The molecule has 6 nitrogen and oxygen atoms in total. The molecule has 0 atom stereocenters. The normalized spacial score (nSPS) is 11.0. The Morgan fingerprint density at radius 3 is 2.60 bits per heavy atom. The smallest absolute Gasteiger partial charge is 0.248 e. The van der Waals surface area contributed by atoms with Crippen molar-refractivity contribution >= 4 is 54.8 Å². The van der Waals surface area contributed by atoms with Gasteiger partial charge in [0.1, 0.15) is 17.5 Å². The summed E-state index contributed by atoms with van der Waals surface area (Å²) in [5.74, 6) is 1.31. The number of hydrogen-bond acceptors (Lipinski definition) is 6. The van der Waals surface area contributed by atoms with E-state index in [1.807, 2.05) is 54.6 Å². The molecule has 0 aliphatic heterocycles. The summed E-state index contributed by atoms with van der Waals surface area (Å²) in [5, 5.41) is 6.45. The zero-order valence-corrected chi connectivity index (χ0v) is 17.3. The van der Waals surface area contributed by atoms with Crippen LogP contribution in [0.25, 0.3) is 21.7 Å². The van der Waals surface area contributed by atoms with Crippen LogP contribution < -0.4 is 15.8 Å². The molecule has 0 unspecified atom stereocenters. The highest BCUT2D eigenvalue weighted by Crippen LogP contribution is 2.36. The molecule has 146 valence electrons. The number of hydrogen-bond donors (Lipinski definition) is 2. The van der Waals surface area contributed by atoms with Gasteiger partial charge in [-0.2, -0.15) is 4.98 Å². The highest BCUT2D eigenvalue weighted by atomic mass is 79.9. The van der Waals surface area contributed by atoms with E-state index in [1.165, 1.54) is 6.33 Å². The fraction of sp³-hybridized carbons (Fsp3) is 0. The van der Waals surface area contributed by atoms with Gasteiger partial charge in [-0.1, -0.05) is 58.4 Å². The molecule has 3 N–H and O–H groups in total. The Morgan fingerprint density at radius 2 is 1.67 bits per heavy atom. The first-order valence-electron chi connectivity index (χ1n) is 9.27. The summed E-state index contributed by atoms with van der Waals surface area (Å²) in [4.78, 5) is 13.0. The average molecular weight is 458 g/mol. The summed E-state index contributed by atoms with van der Waals surface area (Å²) in [7, 11) is 0. The van der Waals surface area contributed by atoms with Crippen LogP contribution >= 0.6 is 15.9 Å². The van der Waals surface area contributed by atoms with Gasteiger partial charge in [0, 0.05) is 27.1 Å². The SMILES string of the molecule is Nc1c(Nc2cccc3ccccc23)ncnc1Oc1ccc(Br)c2cccnc12. The molecule has 0 amide bonds. The van der Waals surface area contributed by atoms with E-state index in [0.717, 1.165) is 26.3 Å². The zero-order chi connectivity index (χ0) is 20.5. The van der Waals surface area contributed by atoms with Gasteiger partial charge in [-0.15, -0.1) is 0 Å². The first kappa shape index (κ1) is 18.3. The van der Waals surface area contributed by atoms with Gasteiger partial charge in [0.05, 0.1) is 0 Å². The predicted molar refractivity (Wildman–Crippen MR) is 123 cm³/mol. The maximum absolute atomic E-state index is 6.35. The van der Waals surface area contributed by atoms with E-state index in [9.17, 15) is 0 Å². The quantitative estimate of drug-likeness (QED) is 0.341. The lowest BCUT2D eigenvalue weighted by Gasteiger charge is -2.14. The molecule has 0 aliphatic carbocycles. The van der Waals surface area contributed by atoms with Gasteiger partial charge in [-0.25, -0.2) is 4.98 Å². The Bertz CT molecular complexity index is 1380. The Morgan fingerprint density at radius 1 is 0.833 bits per heavy atom. The summed E-state index contributed by atoms with van der Waals surface area (Å²) in [6.07, 6.45) is 3.14. The van der Waals surface area contributed by atoms with Crippen LogP contribution in [0.3, 0.4) is 0 Å². The van der Waals surface area contributed by atoms with Crippen LogP contribution in [-0.4, -0.2) is 15.0 Å². The van der Waals surface area contributed by atoms with Crippen LogP contribution in [0.15, 0.2) is 83.7 Å². The zero-order valence-electron chi connectivity index (χ0n) is 15.7. The molecule has 2 aromatic heterocycles. The van der Waals surface area contributed by atoms with Gasteiger partial charge < -0.3 is 15.8 Å². The van der Waals surface area contributed by atoms with Gasteiger partial charge in [0.15, 0.2) is 11.6 Å². The molecule has 5 aromatic rings. The van der Waals surface area contributed by atoms with E-state index in [0.29, 0.717) is 22.8 Å². The van der Waals surface area contributed by atoms with Crippen molar-refractivity contribution in [3.63, 3.8) is 0 Å². The van der Waals surface area contributed by atoms with Gasteiger partial charge in [-0.05, 0) is 29.7 Å². The van der Waals surface area contributed by atoms with E-state index in [2.05, 4.69) is 48.3 Å². The lowest BCUT2D eigenvalue weighted by Crippen LogP contribution is -2.03. The van der Waals surface area contributed by atoms with Crippen LogP contribution in [0.1, 0.15) is 0 Å². The van der Waals surface area contributed by atoms with E-state index in [-0.39, 0.29) is 5.88 Å². The number of fused-ring (bicyclic) bond motifs is 2. The van der Waals surface area contributed by atoms with Gasteiger partial charge >= 0.3 is 0 Å². The van der Waals surface area contributed by atoms with Crippen molar-refractivity contribution in [2.24, 2.45) is 0 Å². The average Bonchev–Trinajstić information content (AvgIpc) is 2.79. The molecule has 0 saturated carbocycles. The lowest BCUT2D eigenvalue weighted by molar-refractivity contribution is 0.469. The van der Waals surface area contributed by atoms with Gasteiger partial charge in [0.25, 0.3) is 0 Å². The summed E-state index contributed by atoms with van der Waals surface area (Å²) in [6, 6.07) is 21.7. The van der Waals surface area contributed by atoms with Crippen molar-refractivity contribution < 1.29 is 4.74 Å². The third kappa shape index (κ3) is 3.29. The number of aromatic nitrogens is 3. The van der Waals surface area contributed by atoms with Crippen molar-refractivity contribution in [1.82, 2.24) is 15.0 Å². The minimum Gasteiger partial charge on any atom is -0.435 e. The highest BCUT2D eigenvalue weighted by molar-refractivity contribution is 9.10. The molecule has 0 aliphatic rings. The Hall–Kier alpha value is -3.71. The minimum atomic E-state index is 0.266. The number of benzene rings is 3. The first-order valence-corrected chi connectivity index (χ1v) is 10.1. The van der Waals surface area contributed by atoms with Crippen molar-refractivity contribution in [3.05, 3.63) is 83.7 Å². The van der Waals surface area contributed by atoms with E-state index >= 15 is 0 Å². The molecular weight excluding hydrogens is 442 g/mol. The lowest BCUT2D eigenvalue weighted by atomic mass is 10.1. The predicted octanol–water partition coefficient (Wildman–Crippen LogP) is 6.06. The molecule has 0 saturated heterocycles. The number of halogens is 1. The molecule has 2 heterocycles. The number of nitrogens with one attached hydrogen (secondary N) is 1. The molecule has 3 aromatic carbocycles. The molecule has 0 spiro atoms. The molecule has 0 fully saturated rings. The van der Waals surface area contributed by atoms with Gasteiger partial charge in [0.2, 0.25) is 5.88 Å². The topological polar surface area (TPSA) is 86.0 Å². The molecule has 7 heteroatoms. The fourth-order valence-electron chi connectivity index (χ4n) is 3.32. The Balaban J connectivity index is 1.52. The molecule has 5 rings (SSSR count). The van der Waals surface area contributed by atoms with Crippen LogP contribution in [0.4, 0.5) is 17.2 Å². The van der Waals surface area contributed by atoms with E-state index < -0.39 is 0 Å². The van der Waals surface area contributed by atoms with Crippen molar-refractivity contribution in [3.8, 4) is 11.6 Å². The van der Waals surface area contributed by atoms with Crippen LogP contribution in [-0.2, 0) is 0 Å². The number of pyridine rings is 1. The van der Waals surface area contributed by atoms with Crippen molar-refractivity contribution in [1.29, 1.82) is 0 Å². The second kappa shape index (κ2) is 7.61. The molecule has 0 bridgehead atoms. The van der Waals surface area contributed by atoms with Crippen molar-refractivity contribution in [2.45, 2.75) is 0 Å². The maximum atomic E-state index is 6.35. The highest BCUT2D eigenvalue weighted by Gasteiger charge is 2.14. The first-order chi connectivity index (χ1) is 14.7. The third-order valence-electron chi connectivity index (χ3n) is 4.78. The summed E-state index contributed by atoms with van der Waals surface area (Å²) in [6.45, 7) is 0. The maximum Gasteiger partial charge on any atom is 0.248 e.